The summed E-state index contributed by atoms with van der Waals surface area (Å²) in [7, 11) is 0. The maximum absolute atomic E-state index is 2.45. The van der Waals surface area contributed by atoms with Crippen molar-refractivity contribution in [3.05, 3.63) is 12.2 Å². The van der Waals surface area contributed by atoms with E-state index in [1.807, 2.05) is 0 Å². The van der Waals surface area contributed by atoms with E-state index < -0.39 is 0 Å². The minimum absolute atomic E-state index is 0.985. The van der Waals surface area contributed by atoms with Gasteiger partial charge in [0.1, 0.15) is 0 Å². The van der Waals surface area contributed by atoms with Gasteiger partial charge in [-0.25, -0.2) is 0 Å². The molecule has 0 heteroatoms. The standard InChI is InChI=1S/C9H14/c1-2-5-9-7-3-6-8(9)4-1/h1,4,8-9H,2-3,5-7H2/t8?,9-/m0/s1. The van der Waals surface area contributed by atoms with Gasteiger partial charge >= 0.3 is 0 Å². The molecule has 1 unspecified atom stereocenters. The van der Waals surface area contributed by atoms with Gasteiger partial charge in [0.2, 0.25) is 0 Å². The minimum atomic E-state index is 0.985. The SMILES string of the molecule is C1=CC2CCC[C@@H]2CC1. The molecule has 9 heavy (non-hydrogen) atoms. The van der Waals surface area contributed by atoms with Gasteiger partial charge in [-0.1, -0.05) is 18.6 Å². The van der Waals surface area contributed by atoms with Crippen LogP contribution in [0.4, 0.5) is 0 Å². The summed E-state index contributed by atoms with van der Waals surface area (Å²) in [6.07, 6.45) is 12.1. The van der Waals surface area contributed by atoms with E-state index in [9.17, 15) is 0 Å². The first-order valence-electron chi connectivity index (χ1n) is 4.13. The van der Waals surface area contributed by atoms with Gasteiger partial charge in [-0.2, -0.15) is 0 Å². The maximum Gasteiger partial charge on any atom is -0.0205 e. The van der Waals surface area contributed by atoms with Gasteiger partial charge < -0.3 is 0 Å². The third kappa shape index (κ3) is 0.910. The van der Waals surface area contributed by atoms with E-state index in [1.165, 1.54) is 32.1 Å². The molecule has 0 aliphatic heterocycles. The van der Waals surface area contributed by atoms with E-state index in [-0.39, 0.29) is 0 Å². The van der Waals surface area contributed by atoms with Gasteiger partial charge in [-0.05, 0) is 37.5 Å². The molecule has 0 aromatic rings. The Morgan fingerprint density at radius 2 is 2.11 bits per heavy atom. The summed E-state index contributed by atoms with van der Waals surface area (Å²) in [5, 5.41) is 0. The third-order valence-corrected chi connectivity index (χ3v) is 2.81. The van der Waals surface area contributed by atoms with Crippen molar-refractivity contribution in [2.24, 2.45) is 11.8 Å². The normalized spacial score (nSPS) is 40.9. The number of fused-ring (bicyclic) bond motifs is 1. The second-order valence-electron chi connectivity index (χ2n) is 3.36. The quantitative estimate of drug-likeness (QED) is 0.433. The molecule has 0 nitrogen and oxygen atoms in total. The average Bonchev–Trinajstić information content (AvgIpc) is 2.33. The molecule has 2 rings (SSSR count). The number of rotatable bonds is 0. The number of allylic oxidation sites excluding steroid dienone is 2. The Balaban J connectivity index is 2.10. The van der Waals surface area contributed by atoms with Crippen LogP contribution in [0.2, 0.25) is 0 Å². The van der Waals surface area contributed by atoms with Gasteiger partial charge in [0.15, 0.2) is 0 Å². The number of hydrogen-bond acceptors (Lipinski definition) is 0. The molecule has 0 heterocycles. The van der Waals surface area contributed by atoms with Crippen molar-refractivity contribution < 1.29 is 0 Å². The summed E-state index contributed by atoms with van der Waals surface area (Å²) >= 11 is 0. The van der Waals surface area contributed by atoms with Crippen molar-refractivity contribution in [2.45, 2.75) is 32.1 Å². The van der Waals surface area contributed by atoms with E-state index >= 15 is 0 Å². The molecule has 0 N–H and O–H groups in total. The van der Waals surface area contributed by atoms with Gasteiger partial charge in [-0.3, -0.25) is 0 Å². The Labute approximate surface area is 57.0 Å². The minimum Gasteiger partial charge on any atom is -0.0882 e. The van der Waals surface area contributed by atoms with Crippen LogP contribution in [0.5, 0.6) is 0 Å². The van der Waals surface area contributed by atoms with Crippen LogP contribution in [0.15, 0.2) is 12.2 Å². The summed E-state index contributed by atoms with van der Waals surface area (Å²) in [5.74, 6) is 2.06. The molecule has 2 aliphatic carbocycles. The second kappa shape index (κ2) is 2.17. The Morgan fingerprint density at radius 1 is 1.11 bits per heavy atom. The van der Waals surface area contributed by atoms with Crippen LogP contribution in [0.3, 0.4) is 0 Å². The van der Waals surface area contributed by atoms with Crippen LogP contribution >= 0.6 is 0 Å². The maximum atomic E-state index is 2.45. The lowest BCUT2D eigenvalue weighted by Gasteiger charge is -2.18. The van der Waals surface area contributed by atoms with Crippen LogP contribution in [0.25, 0.3) is 0 Å². The summed E-state index contributed by atoms with van der Waals surface area (Å²) in [6, 6.07) is 0. The van der Waals surface area contributed by atoms with Crippen molar-refractivity contribution >= 4 is 0 Å². The lowest BCUT2D eigenvalue weighted by Crippen LogP contribution is -2.07. The largest absolute Gasteiger partial charge is 0.0882 e. The van der Waals surface area contributed by atoms with E-state index in [0.29, 0.717) is 0 Å². The summed E-state index contributed by atoms with van der Waals surface area (Å²) in [4.78, 5) is 0. The zero-order valence-corrected chi connectivity index (χ0v) is 5.84. The molecule has 50 valence electrons. The van der Waals surface area contributed by atoms with Gasteiger partial charge in [0, 0.05) is 0 Å². The lowest BCUT2D eigenvalue weighted by molar-refractivity contribution is 0.412. The Kier molecular flexibility index (Phi) is 1.33. The van der Waals surface area contributed by atoms with Crippen molar-refractivity contribution in [2.75, 3.05) is 0 Å². The highest BCUT2D eigenvalue weighted by Gasteiger charge is 2.25. The molecule has 0 aromatic carbocycles. The van der Waals surface area contributed by atoms with Crippen molar-refractivity contribution in [3.63, 3.8) is 0 Å². The van der Waals surface area contributed by atoms with Crippen LogP contribution < -0.4 is 0 Å². The fourth-order valence-corrected chi connectivity index (χ4v) is 2.26. The molecule has 0 radical (unpaired) electrons. The van der Waals surface area contributed by atoms with E-state index in [0.717, 1.165) is 11.8 Å². The summed E-state index contributed by atoms with van der Waals surface area (Å²) in [6.45, 7) is 0. The predicted molar refractivity (Wildman–Crippen MR) is 39.2 cm³/mol. The van der Waals surface area contributed by atoms with Crippen molar-refractivity contribution in [1.29, 1.82) is 0 Å². The van der Waals surface area contributed by atoms with E-state index in [1.54, 1.807) is 0 Å². The number of hydrogen-bond donors (Lipinski definition) is 0. The monoisotopic (exact) mass is 122 g/mol. The topological polar surface area (TPSA) is 0 Å². The molecule has 2 atom stereocenters. The van der Waals surface area contributed by atoms with Gasteiger partial charge in [0.25, 0.3) is 0 Å². The molecule has 0 saturated heterocycles. The Hall–Kier alpha value is -0.260. The van der Waals surface area contributed by atoms with Crippen LogP contribution in [0, 0.1) is 11.8 Å². The first-order valence-corrected chi connectivity index (χ1v) is 4.13. The highest BCUT2D eigenvalue weighted by Crippen LogP contribution is 2.38. The molecule has 1 fully saturated rings. The predicted octanol–water partition coefficient (Wildman–Crippen LogP) is 2.75. The smallest absolute Gasteiger partial charge is 0.0205 e. The fraction of sp³-hybridized carbons (Fsp3) is 0.778. The second-order valence-corrected chi connectivity index (χ2v) is 3.36. The molecule has 0 amide bonds. The highest BCUT2D eigenvalue weighted by atomic mass is 14.3. The summed E-state index contributed by atoms with van der Waals surface area (Å²) in [5.41, 5.74) is 0. The van der Waals surface area contributed by atoms with E-state index in [4.69, 9.17) is 0 Å². The average molecular weight is 122 g/mol. The molecule has 2 aliphatic rings. The zero-order chi connectivity index (χ0) is 6.10. The molecule has 1 saturated carbocycles. The Morgan fingerprint density at radius 3 is 3.00 bits per heavy atom. The molecular formula is C9H14. The zero-order valence-electron chi connectivity index (χ0n) is 5.84. The lowest BCUT2D eigenvalue weighted by atomic mass is 9.87. The van der Waals surface area contributed by atoms with Crippen molar-refractivity contribution in [3.8, 4) is 0 Å². The first kappa shape index (κ1) is 5.52. The highest BCUT2D eigenvalue weighted by molar-refractivity contribution is 4.99. The molecular weight excluding hydrogens is 108 g/mol. The van der Waals surface area contributed by atoms with Crippen LogP contribution in [0.1, 0.15) is 32.1 Å². The Bertz CT molecular complexity index is 124. The molecule has 0 spiro atoms. The molecule has 0 bridgehead atoms. The van der Waals surface area contributed by atoms with Crippen LogP contribution in [-0.4, -0.2) is 0 Å². The van der Waals surface area contributed by atoms with E-state index in [2.05, 4.69) is 12.2 Å². The van der Waals surface area contributed by atoms with Crippen molar-refractivity contribution in [1.82, 2.24) is 0 Å². The van der Waals surface area contributed by atoms with Gasteiger partial charge in [-0.15, -0.1) is 0 Å². The first-order chi connectivity index (χ1) is 4.47. The fourth-order valence-electron chi connectivity index (χ4n) is 2.26. The third-order valence-electron chi connectivity index (χ3n) is 2.81. The molecule has 0 aromatic heterocycles. The van der Waals surface area contributed by atoms with Crippen LogP contribution in [-0.2, 0) is 0 Å². The van der Waals surface area contributed by atoms with Gasteiger partial charge in [0.05, 0.1) is 0 Å². The summed E-state index contributed by atoms with van der Waals surface area (Å²) < 4.78 is 0.